The average molecular weight is 262 g/mol. The van der Waals surface area contributed by atoms with Crippen LogP contribution in [-0.2, 0) is 4.79 Å². The first-order valence-electron chi connectivity index (χ1n) is 6.94. The van der Waals surface area contributed by atoms with Crippen molar-refractivity contribution < 1.29 is 14.6 Å². The molecule has 0 bridgehead atoms. The largest absolute Gasteiger partial charge is 0.496 e. The third-order valence-electron chi connectivity index (χ3n) is 4.23. The molecular formula is C16H22O3. The Balaban J connectivity index is 2.16. The number of benzene rings is 1. The van der Waals surface area contributed by atoms with E-state index < -0.39 is 5.97 Å². The van der Waals surface area contributed by atoms with Gasteiger partial charge in [-0.3, -0.25) is 4.79 Å². The number of hydrogen-bond acceptors (Lipinski definition) is 2. The molecule has 0 aliphatic heterocycles. The smallest absolute Gasteiger partial charge is 0.306 e. The van der Waals surface area contributed by atoms with Gasteiger partial charge in [0.05, 0.1) is 13.0 Å². The molecule has 1 aliphatic rings. The first-order valence-corrected chi connectivity index (χ1v) is 6.94. The molecule has 2 rings (SSSR count). The van der Waals surface area contributed by atoms with Gasteiger partial charge < -0.3 is 9.84 Å². The molecule has 0 amide bonds. The third kappa shape index (κ3) is 2.91. The molecule has 1 aromatic carbocycles. The van der Waals surface area contributed by atoms with Gasteiger partial charge >= 0.3 is 5.97 Å². The SMILES string of the molecule is CCC(CC1CC1C(=O)O)c1c(C)cccc1OC. The fourth-order valence-corrected chi connectivity index (χ4v) is 3.02. The van der Waals surface area contributed by atoms with Gasteiger partial charge in [-0.05, 0) is 49.7 Å². The number of rotatable bonds is 6. The summed E-state index contributed by atoms with van der Waals surface area (Å²) in [4.78, 5) is 10.9. The van der Waals surface area contributed by atoms with Crippen LogP contribution in [0.2, 0.25) is 0 Å². The lowest BCUT2D eigenvalue weighted by molar-refractivity contribution is -0.138. The summed E-state index contributed by atoms with van der Waals surface area (Å²) >= 11 is 0. The lowest BCUT2D eigenvalue weighted by Crippen LogP contribution is -2.06. The van der Waals surface area contributed by atoms with E-state index in [1.807, 2.05) is 12.1 Å². The van der Waals surface area contributed by atoms with Crippen molar-refractivity contribution in [2.75, 3.05) is 7.11 Å². The highest BCUT2D eigenvalue weighted by Gasteiger charge is 2.44. The van der Waals surface area contributed by atoms with Crippen molar-refractivity contribution in [2.45, 2.75) is 39.0 Å². The maximum Gasteiger partial charge on any atom is 0.306 e. The highest BCUT2D eigenvalue weighted by molar-refractivity contribution is 5.73. The predicted octanol–water partition coefficient (Wildman–Crippen LogP) is 3.61. The monoisotopic (exact) mass is 262 g/mol. The number of aliphatic carboxylic acids is 1. The van der Waals surface area contributed by atoms with Crippen LogP contribution in [0.1, 0.15) is 43.2 Å². The zero-order valence-electron chi connectivity index (χ0n) is 11.8. The molecule has 0 heterocycles. The first kappa shape index (κ1) is 13.9. The number of hydrogen-bond donors (Lipinski definition) is 1. The Labute approximate surface area is 114 Å². The second kappa shape index (κ2) is 5.64. The lowest BCUT2D eigenvalue weighted by Gasteiger charge is -2.20. The predicted molar refractivity (Wildman–Crippen MR) is 74.6 cm³/mol. The van der Waals surface area contributed by atoms with Crippen molar-refractivity contribution in [3.05, 3.63) is 29.3 Å². The van der Waals surface area contributed by atoms with Gasteiger partial charge in [-0.15, -0.1) is 0 Å². The Kier molecular flexibility index (Phi) is 4.13. The fourth-order valence-electron chi connectivity index (χ4n) is 3.02. The molecular weight excluding hydrogens is 240 g/mol. The molecule has 104 valence electrons. The van der Waals surface area contributed by atoms with Gasteiger partial charge in [0.25, 0.3) is 0 Å². The quantitative estimate of drug-likeness (QED) is 0.852. The van der Waals surface area contributed by atoms with Crippen molar-refractivity contribution in [2.24, 2.45) is 11.8 Å². The second-order valence-corrected chi connectivity index (χ2v) is 5.47. The normalized spacial score (nSPS) is 22.9. The van der Waals surface area contributed by atoms with Crippen LogP contribution in [0.3, 0.4) is 0 Å². The Morgan fingerprint density at radius 2 is 2.26 bits per heavy atom. The van der Waals surface area contributed by atoms with Crippen LogP contribution in [0.5, 0.6) is 5.75 Å². The molecule has 3 heteroatoms. The maximum absolute atomic E-state index is 10.9. The van der Waals surface area contributed by atoms with Gasteiger partial charge in [0.1, 0.15) is 5.75 Å². The molecule has 0 spiro atoms. The summed E-state index contributed by atoms with van der Waals surface area (Å²) < 4.78 is 5.47. The van der Waals surface area contributed by atoms with Crippen molar-refractivity contribution in [1.82, 2.24) is 0 Å². The van der Waals surface area contributed by atoms with E-state index in [2.05, 4.69) is 19.9 Å². The summed E-state index contributed by atoms with van der Waals surface area (Å²) in [5.41, 5.74) is 2.49. The van der Waals surface area contributed by atoms with Crippen molar-refractivity contribution in [3.63, 3.8) is 0 Å². The Morgan fingerprint density at radius 3 is 2.79 bits per heavy atom. The Morgan fingerprint density at radius 1 is 1.53 bits per heavy atom. The molecule has 0 radical (unpaired) electrons. The molecule has 1 aliphatic carbocycles. The number of carbonyl (C=O) groups is 1. The molecule has 3 unspecified atom stereocenters. The summed E-state index contributed by atoms with van der Waals surface area (Å²) in [6, 6.07) is 6.09. The highest BCUT2D eigenvalue weighted by atomic mass is 16.5. The summed E-state index contributed by atoms with van der Waals surface area (Å²) in [5, 5.41) is 9.01. The molecule has 19 heavy (non-hydrogen) atoms. The van der Waals surface area contributed by atoms with E-state index in [0.717, 1.165) is 25.0 Å². The standard InChI is InChI=1S/C16H22O3/c1-4-11(8-12-9-13(12)16(17)18)15-10(2)6-5-7-14(15)19-3/h5-7,11-13H,4,8-9H2,1-3H3,(H,17,18). The van der Waals surface area contributed by atoms with E-state index >= 15 is 0 Å². The molecule has 1 saturated carbocycles. The molecule has 3 nitrogen and oxygen atoms in total. The minimum atomic E-state index is -0.642. The average Bonchev–Trinajstić information content (AvgIpc) is 3.15. The lowest BCUT2D eigenvalue weighted by atomic mass is 9.87. The van der Waals surface area contributed by atoms with Crippen molar-refractivity contribution >= 4 is 5.97 Å². The van der Waals surface area contributed by atoms with E-state index in [0.29, 0.717) is 11.8 Å². The number of carboxylic acid groups (broad SMARTS) is 1. The van der Waals surface area contributed by atoms with Crippen LogP contribution >= 0.6 is 0 Å². The molecule has 3 atom stereocenters. The topological polar surface area (TPSA) is 46.5 Å². The van der Waals surface area contributed by atoms with Gasteiger partial charge in [-0.25, -0.2) is 0 Å². The molecule has 0 aromatic heterocycles. The van der Waals surface area contributed by atoms with Crippen LogP contribution in [0.4, 0.5) is 0 Å². The molecule has 1 fully saturated rings. The van der Waals surface area contributed by atoms with Crippen molar-refractivity contribution in [1.29, 1.82) is 0 Å². The summed E-state index contributed by atoms with van der Waals surface area (Å²) in [7, 11) is 1.70. The summed E-state index contributed by atoms with van der Waals surface area (Å²) in [6.07, 6.45) is 2.80. The van der Waals surface area contributed by atoms with Gasteiger partial charge in [-0.2, -0.15) is 0 Å². The number of ether oxygens (including phenoxy) is 1. The second-order valence-electron chi connectivity index (χ2n) is 5.47. The zero-order chi connectivity index (χ0) is 14.0. The first-order chi connectivity index (χ1) is 9.08. The minimum absolute atomic E-state index is 0.121. The van der Waals surface area contributed by atoms with E-state index in [4.69, 9.17) is 9.84 Å². The molecule has 0 saturated heterocycles. The highest BCUT2D eigenvalue weighted by Crippen LogP contribution is 2.47. The third-order valence-corrected chi connectivity index (χ3v) is 4.23. The van der Waals surface area contributed by atoms with E-state index in [-0.39, 0.29) is 5.92 Å². The van der Waals surface area contributed by atoms with Crippen LogP contribution in [0.25, 0.3) is 0 Å². The minimum Gasteiger partial charge on any atom is -0.496 e. The van der Waals surface area contributed by atoms with Gasteiger partial charge in [0.2, 0.25) is 0 Å². The van der Waals surface area contributed by atoms with Gasteiger partial charge in [0.15, 0.2) is 0 Å². The van der Waals surface area contributed by atoms with E-state index in [1.54, 1.807) is 7.11 Å². The van der Waals surface area contributed by atoms with Crippen LogP contribution < -0.4 is 4.74 Å². The number of methoxy groups -OCH3 is 1. The maximum atomic E-state index is 10.9. The van der Waals surface area contributed by atoms with E-state index in [1.165, 1.54) is 11.1 Å². The zero-order valence-corrected chi connectivity index (χ0v) is 11.8. The molecule has 1 N–H and O–H groups in total. The van der Waals surface area contributed by atoms with Gasteiger partial charge in [-0.1, -0.05) is 19.1 Å². The van der Waals surface area contributed by atoms with Crippen molar-refractivity contribution in [3.8, 4) is 5.75 Å². The van der Waals surface area contributed by atoms with Crippen LogP contribution in [0.15, 0.2) is 18.2 Å². The molecule has 1 aromatic rings. The number of aryl methyl sites for hydroxylation is 1. The fraction of sp³-hybridized carbons (Fsp3) is 0.562. The summed E-state index contributed by atoms with van der Waals surface area (Å²) in [6.45, 7) is 4.26. The van der Waals surface area contributed by atoms with Crippen LogP contribution in [-0.4, -0.2) is 18.2 Å². The van der Waals surface area contributed by atoms with E-state index in [9.17, 15) is 4.79 Å². The Hall–Kier alpha value is -1.51. The van der Waals surface area contributed by atoms with Gasteiger partial charge in [0, 0.05) is 5.56 Å². The van der Waals surface area contributed by atoms with Crippen LogP contribution in [0, 0.1) is 18.8 Å². The Bertz CT molecular complexity index is 467. The summed E-state index contributed by atoms with van der Waals surface area (Å²) in [5.74, 6) is 0.900. The number of carboxylic acids is 1.